The Balaban J connectivity index is 1.70. The van der Waals surface area contributed by atoms with Crippen molar-refractivity contribution >= 4 is 14.3 Å². The van der Waals surface area contributed by atoms with Gasteiger partial charge in [-0.15, -0.1) is 0 Å². The third-order valence-corrected chi connectivity index (χ3v) is 11.8. The molecule has 3 atom stereocenters. The lowest BCUT2D eigenvalue weighted by Gasteiger charge is -2.52. The molecule has 2 fully saturated rings. The molecule has 2 saturated heterocycles. The molecule has 2 aliphatic rings. The lowest BCUT2D eigenvalue weighted by molar-refractivity contribution is -0.333. The van der Waals surface area contributed by atoms with E-state index in [2.05, 4.69) is 50.4 Å². The molecule has 2 aromatic rings. The Kier molecular flexibility index (Phi) is 8.85. The number of ether oxygens (including phenoxy) is 2. The quantitative estimate of drug-likeness (QED) is 0.428. The fourth-order valence-corrected chi connectivity index (χ4v) is 7.52. The molecule has 4 rings (SSSR count). The molecule has 0 aliphatic carbocycles. The van der Waals surface area contributed by atoms with E-state index in [0.717, 1.165) is 29.3 Å². The molecule has 0 bridgehead atoms. The maximum Gasteiger partial charge on any atom is 0.221 e. The van der Waals surface area contributed by atoms with Crippen LogP contribution in [0.3, 0.4) is 0 Å². The SMILES string of the molecule is CC[Si](CC)(CC)O[C@@H]1[C@H]2OC(C)(C)OC[C@H]2NC(=NCc2ccccc2)N1OCc1ccccc1. The summed E-state index contributed by atoms with van der Waals surface area (Å²) in [6.07, 6.45) is -0.694. The zero-order chi connectivity index (χ0) is 25.6. The van der Waals surface area contributed by atoms with Crippen LogP contribution in [0.2, 0.25) is 18.1 Å². The summed E-state index contributed by atoms with van der Waals surface area (Å²) in [6.45, 7) is 12.1. The molecular formula is C28H41N3O4Si. The van der Waals surface area contributed by atoms with Crippen molar-refractivity contribution in [2.45, 2.75) is 90.1 Å². The van der Waals surface area contributed by atoms with Crippen LogP contribution in [-0.2, 0) is 31.9 Å². The molecule has 0 aromatic heterocycles. The van der Waals surface area contributed by atoms with Gasteiger partial charge in [0.1, 0.15) is 12.7 Å². The van der Waals surface area contributed by atoms with Gasteiger partial charge in [0.25, 0.3) is 0 Å². The Morgan fingerprint density at radius 2 is 1.58 bits per heavy atom. The molecule has 2 aromatic carbocycles. The second kappa shape index (κ2) is 11.9. The van der Waals surface area contributed by atoms with E-state index in [9.17, 15) is 0 Å². The topological polar surface area (TPSA) is 64.5 Å². The van der Waals surface area contributed by atoms with Gasteiger partial charge in [-0.2, -0.15) is 5.06 Å². The van der Waals surface area contributed by atoms with Gasteiger partial charge in [-0.25, -0.2) is 4.99 Å². The van der Waals surface area contributed by atoms with Crippen molar-refractivity contribution in [1.82, 2.24) is 10.4 Å². The predicted molar refractivity (Wildman–Crippen MR) is 145 cm³/mol. The number of benzene rings is 2. The summed E-state index contributed by atoms with van der Waals surface area (Å²) < 4.78 is 19.6. The van der Waals surface area contributed by atoms with E-state index in [1.54, 1.807) is 0 Å². The van der Waals surface area contributed by atoms with Gasteiger partial charge in [0.05, 0.1) is 19.2 Å². The largest absolute Gasteiger partial charge is 0.393 e. The van der Waals surface area contributed by atoms with Crippen LogP contribution in [0, 0.1) is 0 Å². The van der Waals surface area contributed by atoms with Gasteiger partial charge in [0.15, 0.2) is 20.3 Å². The molecule has 2 aliphatic heterocycles. The average molecular weight is 512 g/mol. The molecule has 1 N–H and O–H groups in total. The van der Waals surface area contributed by atoms with Crippen LogP contribution >= 0.6 is 0 Å². The van der Waals surface area contributed by atoms with Crippen LogP contribution in [0.25, 0.3) is 0 Å². The van der Waals surface area contributed by atoms with Gasteiger partial charge in [-0.05, 0) is 43.1 Å². The lowest BCUT2D eigenvalue weighted by Crippen LogP contribution is -2.72. The Labute approximate surface area is 216 Å². The van der Waals surface area contributed by atoms with E-state index in [-0.39, 0.29) is 12.1 Å². The maximum absolute atomic E-state index is 7.11. The molecule has 0 spiro atoms. The van der Waals surface area contributed by atoms with Gasteiger partial charge in [0.2, 0.25) is 5.96 Å². The van der Waals surface area contributed by atoms with Crippen LogP contribution in [0.15, 0.2) is 65.7 Å². The van der Waals surface area contributed by atoms with Crippen molar-refractivity contribution in [3.63, 3.8) is 0 Å². The number of aliphatic imine (C=N–C) groups is 1. The smallest absolute Gasteiger partial charge is 0.221 e. The minimum atomic E-state index is -2.02. The fraction of sp³-hybridized carbons (Fsp3) is 0.536. The molecule has 36 heavy (non-hydrogen) atoms. The summed E-state index contributed by atoms with van der Waals surface area (Å²) in [5.41, 5.74) is 2.21. The normalized spacial score (nSPS) is 24.9. The first kappa shape index (κ1) is 26.8. The standard InChI is InChI=1S/C28H41N3O4Si/c1-6-36(7-2,8-3)35-26-25-24(21-32-28(4,5)34-25)30-27(29-19-22-15-11-9-12-16-22)31(26)33-20-23-17-13-10-14-18-23/h9-18,24-26H,6-8,19-21H2,1-5H3,(H,29,30)/t24-,25+,26-/m1/s1. The first-order chi connectivity index (χ1) is 17.4. The Hall–Kier alpha value is -2.23. The molecule has 196 valence electrons. The third kappa shape index (κ3) is 6.36. The molecule has 0 radical (unpaired) electrons. The van der Waals surface area contributed by atoms with Crippen LogP contribution < -0.4 is 5.32 Å². The van der Waals surface area contributed by atoms with Crippen molar-refractivity contribution in [3.05, 3.63) is 71.8 Å². The molecule has 0 amide bonds. The highest BCUT2D eigenvalue weighted by atomic mass is 28.4. The summed E-state index contributed by atoms with van der Waals surface area (Å²) in [6, 6.07) is 23.4. The maximum atomic E-state index is 7.11. The van der Waals surface area contributed by atoms with Crippen molar-refractivity contribution < 1.29 is 18.7 Å². The summed E-state index contributed by atoms with van der Waals surface area (Å²) in [5, 5.41) is 5.39. The molecule has 7 nitrogen and oxygen atoms in total. The molecular weight excluding hydrogens is 470 g/mol. The minimum Gasteiger partial charge on any atom is -0.393 e. The number of hydrogen-bond donors (Lipinski definition) is 1. The summed E-state index contributed by atoms with van der Waals surface area (Å²) >= 11 is 0. The van der Waals surface area contributed by atoms with Crippen LogP contribution in [0.5, 0.6) is 0 Å². The fourth-order valence-electron chi connectivity index (χ4n) is 4.78. The van der Waals surface area contributed by atoms with E-state index < -0.39 is 20.3 Å². The zero-order valence-corrected chi connectivity index (χ0v) is 23.3. The first-order valence-corrected chi connectivity index (χ1v) is 15.7. The highest BCUT2D eigenvalue weighted by Crippen LogP contribution is 2.34. The highest BCUT2D eigenvalue weighted by molar-refractivity contribution is 6.73. The van der Waals surface area contributed by atoms with Crippen LogP contribution in [-0.4, -0.2) is 50.1 Å². The predicted octanol–water partition coefficient (Wildman–Crippen LogP) is 5.45. The molecule has 0 saturated carbocycles. The summed E-state index contributed by atoms with van der Waals surface area (Å²) in [5.74, 6) is -0.0533. The van der Waals surface area contributed by atoms with E-state index in [1.165, 1.54) is 0 Å². The second-order valence-electron chi connectivity index (χ2n) is 10.0. The van der Waals surface area contributed by atoms with Crippen LogP contribution in [0.4, 0.5) is 0 Å². The van der Waals surface area contributed by atoms with Crippen molar-refractivity contribution in [2.24, 2.45) is 4.99 Å². The first-order valence-electron chi connectivity index (χ1n) is 13.2. The minimum absolute atomic E-state index is 0.0913. The van der Waals surface area contributed by atoms with E-state index in [4.69, 9.17) is 23.7 Å². The number of hydroxylamine groups is 2. The van der Waals surface area contributed by atoms with E-state index >= 15 is 0 Å². The number of fused-ring (bicyclic) bond motifs is 1. The van der Waals surface area contributed by atoms with E-state index in [0.29, 0.717) is 25.7 Å². The summed E-state index contributed by atoms with van der Waals surface area (Å²) in [7, 11) is -2.02. The number of nitrogens with zero attached hydrogens (tertiary/aromatic N) is 2. The van der Waals surface area contributed by atoms with Crippen molar-refractivity contribution in [3.8, 4) is 0 Å². The van der Waals surface area contributed by atoms with Gasteiger partial charge >= 0.3 is 0 Å². The average Bonchev–Trinajstić information content (AvgIpc) is 2.91. The van der Waals surface area contributed by atoms with Gasteiger partial charge in [0, 0.05) is 0 Å². The summed E-state index contributed by atoms with van der Waals surface area (Å²) in [4.78, 5) is 11.5. The number of rotatable bonds is 10. The van der Waals surface area contributed by atoms with Crippen LogP contribution in [0.1, 0.15) is 45.7 Å². The molecule has 0 unspecified atom stereocenters. The van der Waals surface area contributed by atoms with Crippen molar-refractivity contribution in [1.29, 1.82) is 0 Å². The van der Waals surface area contributed by atoms with Crippen molar-refractivity contribution in [2.75, 3.05) is 6.61 Å². The van der Waals surface area contributed by atoms with Gasteiger partial charge in [-0.3, -0.25) is 4.84 Å². The third-order valence-electron chi connectivity index (χ3n) is 7.23. The monoisotopic (exact) mass is 511 g/mol. The Bertz CT molecular complexity index is 977. The number of nitrogens with one attached hydrogen (secondary N) is 1. The zero-order valence-electron chi connectivity index (χ0n) is 22.3. The molecule has 2 heterocycles. The second-order valence-corrected chi connectivity index (χ2v) is 14.7. The highest BCUT2D eigenvalue weighted by Gasteiger charge is 2.51. The number of guanidine groups is 1. The Morgan fingerprint density at radius 1 is 0.972 bits per heavy atom. The molecule has 8 heteroatoms. The van der Waals surface area contributed by atoms with Gasteiger partial charge < -0.3 is 19.2 Å². The van der Waals surface area contributed by atoms with E-state index in [1.807, 2.05) is 55.3 Å². The van der Waals surface area contributed by atoms with Gasteiger partial charge in [-0.1, -0.05) is 81.4 Å². The lowest BCUT2D eigenvalue weighted by atomic mass is 10.1. The Morgan fingerprint density at radius 3 is 2.19 bits per heavy atom. The number of hydrogen-bond acceptors (Lipinski definition) is 5.